The Morgan fingerprint density at radius 1 is 1.20 bits per heavy atom. The summed E-state index contributed by atoms with van der Waals surface area (Å²) in [6.07, 6.45) is -4.79. The largest absolute Gasteiger partial charge is 0.573 e. The monoisotopic (exact) mass is 441 g/mol. The van der Waals surface area contributed by atoms with E-state index >= 15 is 0 Å². The molecule has 1 atom stereocenters. The van der Waals surface area contributed by atoms with Gasteiger partial charge in [0, 0.05) is 5.69 Å². The second kappa shape index (κ2) is 8.69. The number of carbonyl (C=O) groups excluding carboxylic acids is 1. The van der Waals surface area contributed by atoms with Crippen molar-refractivity contribution in [2.45, 2.75) is 30.6 Å². The van der Waals surface area contributed by atoms with Gasteiger partial charge < -0.3 is 10.1 Å². The zero-order valence-corrected chi connectivity index (χ0v) is 16.5. The molecular formula is C18H15F4N5O2S. The van der Waals surface area contributed by atoms with Gasteiger partial charge in [-0.05, 0) is 66.2 Å². The molecule has 1 heterocycles. The molecule has 0 bridgehead atoms. The van der Waals surface area contributed by atoms with Crippen molar-refractivity contribution >= 4 is 23.4 Å². The van der Waals surface area contributed by atoms with Gasteiger partial charge in [-0.3, -0.25) is 4.79 Å². The van der Waals surface area contributed by atoms with Crippen LogP contribution < -0.4 is 10.1 Å². The van der Waals surface area contributed by atoms with Gasteiger partial charge >= 0.3 is 6.36 Å². The van der Waals surface area contributed by atoms with Crippen LogP contribution in [0.25, 0.3) is 5.69 Å². The van der Waals surface area contributed by atoms with E-state index in [9.17, 15) is 22.4 Å². The number of thioether (sulfide) groups is 1. The number of nitrogens with one attached hydrogen (secondary N) is 1. The lowest BCUT2D eigenvalue weighted by Gasteiger charge is -2.12. The van der Waals surface area contributed by atoms with Crippen molar-refractivity contribution < 1.29 is 27.1 Å². The number of carbonyl (C=O) groups is 1. The number of anilines is 1. The molecule has 1 unspecified atom stereocenters. The molecular weight excluding hydrogens is 426 g/mol. The summed E-state index contributed by atoms with van der Waals surface area (Å²) in [5.41, 5.74) is 1.15. The van der Waals surface area contributed by atoms with Crippen LogP contribution >= 0.6 is 11.8 Å². The van der Waals surface area contributed by atoms with Crippen LogP contribution in [0.2, 0.25) is 0 Å². The summed E-state index contributed by atoms with van der Waals surface area (Å²) in [6.45, 7) is 3.23. The summed E-state index contributed by atoms with van der Waals surface area (Å²) >= 11 is 1.03. The van der Waals surface area contributed by atoms with E-state index in [1.807, 2.05) is 0 Å². The third-order valence-electron chi connectivity index (χ3n) is 3.85. The Hall–Kier alpha value is -3.15. The number of halogens is 4. The summed E-state index contributed by atoms with van der Waals surface area (Å²) in [6, 6.07) is 9.31. The van der Waals surface area contributed by atoms with E-state index in [0.29, 0.717) is 16.9 Å². The first kappa shape index (κ1) is 21.6. The normalized spacial score (nSPS) is 12.5. The number of nitrogens with zero attached hydrogens (tertiary/aromatic N) is 4. The van der Waals surface area contributed by atoms with Crippen LogP contribution in [0.3, 0.4) is 0 Å². The van der Waals surface area contributed by atoms with Gasteiger partial charge in [0.1, 0.15) is 11.6 Å². The Balaban J connectivity index is 1.68. The topological polar surface area (TPSA) is 81.9 Å². The number of benzene rings is 2. The highest BCUT2D eigenvalue weighted by atomic mass is 32.2. The fraction of sp³-hybridized carbons (Fsp3) is 0.222. The van der Waals surface area contributed by atoms with Crippen LogP contribution in [0, 0.1) is 12.7 Å². The SMILES string of the molecule is Cc1ccc(NC(=O)C(C)Sc2nnnn2-c2ccc(OC(F)(F)F)cc2)cc1F. The third-order valence-corrected chi connectivity index (χ3v) is 4.88. The molecule has 1 aromatic heterocycles. The first-order chi connectivity index (χ1) is 14.1. The van der Waals surface area contributed by atoms with Crippen molar-refractivity contribution in [1.82, 2.24) is 20.2 Å². The van der Waals surface area contributed by atoms with Gasteiger partial charge in [-0.2, -0.15) is 4.68 Å². The molecule has 0 spiro atoms. The summed E-state index contributed by atoms with van der Waals surface area (Å²) < 4.78 is 55.6. The molecule has 0 aliphatic carbocycles. The maximum Gasteiger partial charge on any atom is 0.573 e. The molecule has 1 N–H and O–H groups in total. The fourth-order valence-electron chi connectivity index (χ4n) is 2.33. The number of hydrogen-bond donors (Lipinski definition) is 1. The van der Waals surface area contributed by atoms with E-state index in [4.69, 9.17) is 0 Å². The average molecular weight is 441 g/mol. The highest BCUT2D eigenvalue weighted by Crippen LogP contribution is 2.27. The zero-order valence-electron chi connectivity index (χ0n) is 15.6. The van der Waals surface area contributed by atoms with Crippen LogP contribution in [0.1, 0.15) is 12.5 Å². The quantitative estimate of drug-likeness (QED) is 0.458. The fourth-order valence-corrected chi connectivity index (χ4v) is 3.14. The van der Waals surface area contributed by atoms with Crippen molar-refractivity contribution in [3.63, 3.8) is 0 Å². The minimum Gasteiger partial charge on any atom is -0.406 e. The smallest absolute Gasteiger partial charge is 0.406 e. The van der Waals surface area contributed by atoms with Gasteiger partial charge in [0.2, 0.25) is 11.1 Å². The van der Waals surface area contributed by atoms with E-state index in [1.54, 1.807) is 26.0 Å². The molecule has 0 aliphatic rings. The number of alkyl halides is 3. The van der Waals surface area contributed by atoms with E-state index in [0.717, 1.165) is 23.9 Å². The number of rotatable bonds is 6. The van der Waals surface area contributed by atoms with Crippen LogP contribution in [-0.2, 0) is 4.79 Å². The van der Waals surface area contributed by atoms with Gasteiger partial charge in [0.25, 0.3) is 0 Å². The van der Waals surface area contributed by atoms with Gasteiger partial charge in [0.05, 0.1) is 10.9 Å². The molecule has 1 amide bonds. The molecule has 3 rings (SSSR count). The maximum absolute atomic E-state index is 13.6. The summed E-state index contributed by atoms with van der Waals surface area (Å²) in [5.74, 6) is -1.21. The van der Waals surface area contributed by atoms with Crippen molar-refractivity contribution in [3.05, 3.63) is 53.8 Å². The molecule has 30 heavy (non-hydrogen) atoms. The van der Waals surface area contributed by atoms with Crippen LogP contribution in [0.5, 0.6) is 5.75 Å². The molecule has 158 valence electrons. The minimum absolute atomic E-state index is 0.247. The summed E-state index contributed by atoms with van der Waals surface area (Å²) in [5, 5.41) is 13.4. The van der Waals surface area contributed by atoms with Crippen molar-refractivity contribution in [3.8, 4) is 11.4 Å². The number of aromatic nitrogens is 4. The Morgan fingerprint density at radius 3 is 2.53 bits per heavy atom. The molecule has 7 nitrogen and oxygen atoms in total. The second-order valence-corrected chi connectivity index (χ2v) is 7.44. The lowest BCUT2D eigenvalue weighted by molar-refractivity contribution is -0.274. The molecule has 12 heteroatoms. The molecule has 0 radical (unpaired) electrons. The van der Waals surface area contributed by atoms with Gasteiger partial charge in [-0.25, -0.2) is 4.39 Å². The first-order valence-electron chi connectivity index (χ1n) is 8.50. The molecule has 0 saturated carbocycles. The predicted octanol–water partition coefficient (Wildman–Crippen LogP) is 4.13. The van der Waals surface area contributed by atoms with E-state index in [1.165, 1.54) is 22.9 Å². The highest BCUT2D eigenvalue weighted by molar-refractivity contribution is 8.00. The number of amides is 1. The van der Waals surface area contributed by atoms with Crippen LogP contribution in [-0.4, -0.2) is 37.7 Å². The minimum atomic E-state index is -4.79. The zero-order chi connectivity index (χ0) is 21.9. The summed E-state index contributed by atoms with van der Waals surface area (Å²) in [7, 11) is 0. The average Bonchev–Trinajstić information content (AvgIpc) is 3.12. The van der Waals surface area contributed by atoms with E-state index in [2.05, 4.69) is 25.6 Å². The van der Waals surface area contributed by atoms with Crippen molar-refractivity contribution in [1.29, 1.82) is 0 Å². The number of tetrazole rings is 1. The van der Waals surface area contributed by atoms with Crippen molar-refractivity contribution in [2.24, 2.45) is 0 Å². The van der Waals surface area contributed by atoms with Crippen LogP contribution in [0.4, 0.5) is 23.2 Å². The molecule has 3 aromatic rings. The molecule has 0 fully saturated rings. The Morgan fingerprint density at radius 2 is 1.90 bits per heavy atom. The number of ether oxygens (including phenoxy) is 1. The molecule has 0 aliphatic heterocycles. The van der Waals surface area contributed by atoms with E-state index in [-0.39, 0.29) is 10.9 Å². The Bertz CT molecular complexity index is 1040. The van der Waals surface area contributed by atoms with Crippen LogP contribution in [0.15, 0.2) is 47.6 Å². The predicted molar refractivity (Wildman–Crippen MR) is 101 cm³/mol. The molecule has 0 saturated heterocycles. The standard InChI is InChI=1S/C18H15F4N5O2S/c1-10-3-4-12(9-15(10)19)23-16(28)11(2)30-17-24-25-26-27(17)13-5-7-14(8-6-13)29-18(20,21)22/h3-9,11H,1-2H3,(H,23,28). The molecule has 2 aromatic carbocycles. The highest BCUT2D eigenvalue weighted by Gasteiger charge is 2.31. The number of aryl methyl sites for hydroxylation is 1. The Labute approximate surface area is 172 Å². The maximum atomic E-state index is 13.6. The van der Waals surface area contributed by atoms with Gasteiger partial charge in [-0.1, -0.05) is 17.8 Å². The second-order valence-electron chi connectivity index (χ2n) is 6.13. The lowest BCUT2D eigenvalue weighted by atomic mass is 10.2. The Kier molecular flexibility index (Phi) is 6.25. The number of hydrogen-bond acceptors (Lipinski definition) is 6. The first-order valence-corrected chi connectivity index (χ1v) is 9.38. The van der Waals surface area contributed by atoms with Crippen molar-refractivity contribution in [2.75, 3.05) is 5.32 Å². The third kappa shape index (κ3) is 5.47. The lowest BCUT2D eigenvalue weighted by Crippen LogP contribution is -2.23. The van der Waals surface area contributed by atoms with E-state index < -0.39 is 23.3 Å². The van der Waals surface area contributed by atoms with Gasteiger partial charge in [0.15, 0.2) is 0 Å². The summed E-state index contributed by atoms with van der Waals surface area (Å²) in [4.78, 5) is 12.4. The van der Waals surface area contributed by atoms with Gasteiger partial charge in [-0.15, -0.1) is 18.3 Å².